The molecule has 12 N–H and O–H groups in total. The normalized spacial score (nSPS) is 24.9. The van der Waals surface area contributed by atoms with Crippen molar-refractivity contribution in [2.75, 3.05) is 57.5 Å². The lowest BCUT2D eigenvalue weighted by Crippen LogP contribution is -2.40. The molecule has 12 heterocycles. The van der Waals surface area contributed by atoms with Crippen molar-refractivity contribution in [1.29, 1.82) is 0 Å². The van der Waals surface area contributed by atoms with Crippen LogP contribution in [0.4, 0.5) is 0 Å². The molecule has 140 heavy (non-hydrogen) atoms. The third-order valence-corrected chi connectivity index (χ3v) is 32.5. The quantitative estimate of drug-likeness (QED) is 0.111. The highest BCUT2D eigenvalue weighted by Gasteiger charge is 2.46. The molecule has 7 amide bonds. The fourth-order valence-electron chi connectivity index (χ4n) is 12.3. The molecule has 12 rings (SSSR count). The fraction of sp³-hybridized carbons (Fsp3) is 0.703. The van der Waals surface area contributed by atoms with Crippen LogP contribution in [0.2, 0.25) is 0 Å². The molecule has 0 spiro atoms. The Morgan fingerprint density at radius 2 is 0.686 bits per heavy atom. The molecule has 8 unspecified atom stereocenters. The molecule has 802 valence electrons. The summed E-state index contributed by atoms with van der Waals surface area (Å²) in [5.41, 5.74) is 3.65. The van der Waals surface area contributed by atoms with Crippen LogP contribution in [0.5, 0.6) is 0 Å². The van der Waals surface area contributed by atoms with E-state index in [9.17, 15) is 120 Å². The third-order valence-electron chi connectivity index (χ3n) is 20.1. The molecule has 8 atom stereocenters. The van der Waals surface area contributed by atoms with E-state index in [-0.39, 0.29) is 159 Å². The van der Waals surface area contributed by atoms with Crippen molar-refractivity contribution in [1.82, 2.24) is 60.8 Å². The van der Waals surface area contributed by atoms with E-state index in [1.54, 1.807) is 37.7 Å². The maximum Gasteiger partial charge on any atom is 0.240 e. The zero-order chi connectivity index (χ0) is 110. The van der Waals surface area contributed by atoms with Gasteiger partial charge in [-0.1, -0.05) is 255 Å². The zero-order valence-electron chi connectivity index (χ0n) is 88.0. The molecule has 0 aromatic heterocycles. The van der Waals surface area contributed by atoms with Gasteiger partial charge in [-0.05, 0) is 33.8 Å². The molecular formula is C91H156N12O27S10. The number of hydrogen-bond donors (Lipinski definition) is 12. The van der Waals surface area contributed by atoms with Gasteiger partial charge in [0.25, 0.3) is 0 Å². The third kappa shape index (κ3) is 48.5. The van der Waals surface area contributed by atoms with E-state index in [4.69, 9.17) is 0 Å². The van der Waals surface area contributed by atoms with Crippen LogP contribution in [0, 0.1) is 65.0 Å². The molecule has 0 aliphatic carbocycles. The predicted octanol–water partition coefficient (Wildman–Crippen LogP) is 6.76. The number of carbonyl (C=O) groups excluding carboxylic acids is 11. The summed E-state index contributed by atoms with van der Waals surface area (Å²) in [6.45, 7) is 69.6. The summed E-state index contributed by atoms with van der Waals surface area (Å²) in [5.74, 6) is -3.04. The number of allylic oxidation sites excluding steroid dienone is 9. The van der Waals surface area contributed by atoms with Crippen LogP contribution in [-0.4, -0.2) is 213 Å². The maximum atomic E-state index is 11.3. The average Bonchev–Trinajstić information content (AvgIpc) is 1.61. The van der Waals surface area contributed by atoms with Crippen LogP contribution in [0.3, 0.4) is 0 Å². The SMILES string of the molecule is CC(C)(C)C1=CC(=O)CS(=O)(=O)N1.CC(C)(C)C1=CCC(=O)N1.CC(C)(C)C1=CCS(=O)(=O)N1.CC(C)(C)C1=CCS(=O)N1.CC(C)(C)C1=CS(=O)(=O)CC(=O)N1.CC(C)(C)C1=CS(=O)(=O)CC(=O)N1.CC(C)(C)C1=CS(=O)CC(=O)N1.CC(C)(C)C1=CS(=O)CC(=O)N1.CC(C)(C)C1NC(=O)CC1=O.CC(C)(C)C1NC(=O)CS1(=O)=O.CC(C)(C)C1NS(=O)(=O)CC1=O.CC(C)(C)C1NS(=O)CC1=O. The Bertz CT molecular complexity index is 5560. The van der Waals surface area contributed by atoms with Gasteiger partial charge in [0.2, 0.25) is 71.4 Å². The average molecular weight is 2170 g/mol. The van der Waals surface area contributed by atoms with Crippen molar-refractivity contribution in [2.24, 2.45) is 65.0 Å². The van der Waals surface area contributed by atoms with Crippen molar-refractivity contribution in [3.63, 3.8) is 0 Å². The lowest BCUT2D eigenvalue weighted by atomic mass is 9.85. The summed E-state index contributed by atoms with van der Waals surface area (Å²) >= 11 is 0. The van der Waals surface area contributed by atoms with Gasteiger partial charge in [-0.2, -0.15) is 0 Å². The van der Waals surface area contributed by atoms with Gasteiger partial charge in [0, 0.05) is 112 Å². The molecule has 12 aliphatic heterocycles. The maximum absolute atomic E-state index is 11.3. The van der Waals surface area contributed by atoms with Crippen molar-refractivity contribution in [2.45, 2.75) is 286 Å². The fourth-order valence-corrected chi connectivity index (χ4v) is 25.2. The summed E-state index contributed by atoms with van der Waals surface area (Å²) in [6, 6.07) is -1.07. The Balaban J connectivity index is 0.000000764. The first-order valence-electron chi connectivity index (χ1n) is 44.6. The molecule has 49 heteroatoms. The number of nitrogens with one attached hydrogen (secondary N) is 12. The minimum absolute atomic E-state index is 0.0162. The van der Waals surface area contributed by atoms with Gasteiger partial charge in [0.05, 0.1) is 85.2 Å². The van der Waals surface area contributed by atoms with E-state index in [1.165, 1.54) is 6.08 Å². The van der Waals surface area contributed by atoms with Gasteiger partial charge in [-0.15, -0.1) is 0 Å². The van der Waals surface area contributed by atoms with Gasteiger partial charge < -0.3 is 41.9 Å². The topological polar surface area (TPSA) is 605 Å². The molecule has 0 aromatic carbocycles. The highest BCUT2D eigenvalue weighted by atomic mass is 32.2. The Kier molecular flexibility index (Phi) is 45.8. The Morgan fingerprint density at radius 3 is 0.893 bits per heavy atom. The Morgan fingerprint density at radius 1 is 0.307 bits per heavy atom. The van der Waals surface area contributed by atoms with E-state index in [0.29, 0.717) is 29.3 Å². The number of sulfonamides is 3. The number of Topliss-reactive ketones (excluding diaryl/α,β-unsaturated/α-hetero) is 3. The first-order valence-corrected chi connectivity index (χ1v) is 60.1. The molecule has 12 aliphatic rings. The van der Waals surface area contributed by atoms with E-state index >= 15 is 0 Å². The highest BCUT2D eigenvalue weighted by molar-refractivity contribution is 7.95. The van der Waals surface area contributed by atoms with Crippen LogP contribution in [-0.2, 0) is 156 Å². The second-order valence-corrected chi connectivity index (χ2v) is 63.2. The number of carbonyl (C=O) groups is 11. The van der Waals surface area contributed by atoms with Crippen LogP contribution in [0.1, 0.15) is 262 Å². The van der Waals surface area contributed by atoms with E-state index in [0.717, 1.165) is 39.3 Å². The minimum atomic E-state index is -3.43. The number of hydrogen-bond acceptors (Lipinski definition) is 27. The lowest BCUT2D eigenvalue weighted by molar-refractivity contribution is -0.123. The van der Waals surface area contributed by atoms with Gasteiger partial charge in [-0.25, -0.2) is 68.4 Å². The summed E-state index contributed by atoms with van der Waals surface area (Å²) in [6.07, 6.45) is 7.67. The Labute approximate surface area is 841 Å². The van der Waals surface area contributed by atoms with Gasteiger partial charge in [-0.3, -0.25) is 70.6 Å². The minimum Gasteiger partial charge on any atom is -0.345 e. The largest absolute Gasteiger partial charge is 0.345 e. The van der Waals surface area contributed by atoms with Crippen molar-refractivity contribution >= 4 is 168 Å². The molecule has 39 nitrogen and oxygen atoms in total. The van der Waals surface area contributed by atoms with Gasteiger partial charge in [0.1, 0.15) is 56.6 Å². The van der Waals surface area contributed by atoms with Crippen molar-refractivity contribution < 1.29 is 120 Å². The summed E-state index contributed by atoms with van der Waals surface area (Å²) in [7, 11) is -23.9. The first kappa shape index (κ1) is 131. The van der Waals surface area contributed by atoms with Crippen LogP contribution in [0.25, 0.3) is 0 Å². The van der Waals surface area contributed by atoms with Crippen molar-refractivity contribution in [3.05, 3.63) is 91.5 Å². The predicted molar refractivity (Wildman–Crippen MR) is 550 cm³/mol. The van der Waals surface area contributed by atoms with E-state index in [2.05, 4.69) is 102 Å². The zero-order valence-corrected chi connectivity index (χ0v) is 96.2. The molecule has 0 aromatic rings. The number of amides is 7. The Hall–Kier alpha value is -7.49. The molecular weight excluding hydrogens is 2010 g/mol. The molecule has 0 bridgehead atoms. The second-order valence-electron chi connectivity index (χ2n) is 47.1. The summed E-state index contributed by atoms with van der Waals surface area (Å²) in [5, 5.41) is 23.3. The van der Waals surface area contributed by atoms with E-state index in [1.807, 2.05) is 199 Å². The van der Waals surface area contributed by atoms with Crippen LogP contribution >= 0.6 is 0 Å². The molecule has 0 saturated carbocycles. The van der Waals surface area contributed by atoms with E-state index < -0.39 is 155 Å². The van der Waals surface area contributed by atoms with Gasteiger partial charge in [0.15, 0.2) is 52.6 Å². The highest BCUT2D eigenvalue weighted by Crippen LogP contribution is 2.35. The van der Waals surface area contributed by atoms with Gasteiger partial charge >= 0.3 is 0 Å². The van der Waals surface area contributed by atoms with Crippen LogP contribution < -0.4 is 60.8 Å². The molecule has 4 saturated heterocycles. The van der Waals surface area contributed by atoms with Crippen LogP contribution in [0.15, 0.2) is 91.5 Å². The lowest BCUT2D eigenvalue weighted by Gasteiger charge is -2.26. The van der Waals surface area contributed by atoms with Crippen molar-refractivity contribution in [3.8, 4) is 0 Å². The molecule has 0 radical (unpaired) electrons. The smallest absolute Gasteiger partial charge is 0.240 e. The summed E-state index contributed by atoms with van der Waals surface area (Å²) < 4.78 is 190. The first-order chi connectivity index (χ1) is 62.0. The number of rotatable bonds is 0. The number of sulfone groups is 3. The standard InChI is InChI=1S/3C8H13NO3S.2C8H13NO2S.C8H13NO2.C8H13NO.2C7H13NO3S.2C7H13NO2S.C7H13NOS/c2*1-8(2,3)6-4-13(11,12)5-7(10)9-6;1-8(2,3)7-4-6(10)5-13(11,12)9-7;2*1-8(2,3)6-4-12(11)5-7(10)9-6;1-8(2,3)7-5(10)4-6(11)9-7;1-8(2,3)6-4-5-7(10)9-6;1-7(2,3)6-8-5(9)4-12(6,10)11;1-7(2,3)6-5(9)4-12(10,11)8-6;1-7(2,3)6-5(9)4-11(10)8-6;1-7(2,3)6-4-5-11(9,10)8-6;1-7(2,3)6-4-5-10(9)8-6/h2*4H,5H2,1-3H3,(H,9,10);4,9H,5H2,1-3H3;2*4H,5H2,1-3H3,(H,9,10);7H,4H2,1-3H3,(H,9,11);4H,5H2,1-3H3,(H,9,10);6H,4H2,1-3H3,(H,8,9);6,8H,4H2,1-3H3;6,8H,4H2,1-3H3;4,8H,5H2,1-3H3;4,8H,5H2,1-3H3. The monoisotopic (exact) mass is 2170 g/mol. The molecule has 4 fully saturated rings. The second kappa shape index (κ2) is 49.1. The number of ketones is 4. The summed E-state index contributed by atoms with van der Waals surface area (Å²) in [4.78, 5) is 121.